The van der Waals surface area contributed by atoms with Crippen LogP contribution < -0.4 is 10.0 Å². The average Bonchev–Trinajstić information content (AvgIpc) is 2.73. The molecule has 0 spiro atoms. The molecule has 1 atom stereocenters. The Hall–Kier alpha value is -2.76. The van der Waals surface area contributed by atoms with Crippen LogP contribution in [-0.4, -0.2) is 46.0 Å². The molecule has 172 valence electrons. The zero-order valence-electron chi connectivity index (χ0n) is 17.7. The van der Waals surface area contributed by atoms with Gasteiger partial charge in [0.25, 0.3) is 15.9 Å². The van der Waals surface area contributed by atoms with Crippen molar-refractivity contribution in [2.45, 2.75) is 36.5 Å². The van der Waals surface area contributed by atoms with E-state index in [1.54, 1.807) is 0 Å². The third kappa shape index (κ3) is 5.53. The Labute approximate surface area is 187 Å². The number of carbonyl (C=O) groups excluding carboxylic acids is 2. The smallest absolute Gasteiger partial charge is 0.264 e. The van der Waals surface area contributed by atoms with Crippen molar-refractivity contribution in [1.82, 2.24) is 9.03 Å². The number of sulfonamides is 2. The third-order valence-electron chi connectivity index (χ3n) is 5.05. The van der Waals surface area contributed by atoms with E-state index in [0.717, 1.165) is 19.8 Å². The molecule has 0 bridgehead atoms. The van der Waals surface area contributed by atoms with Gasteiger partial charge in [-0.25, -0.2) is 21.6 Å². The summed E-state index contributed by atoms with van der Waals surface area (Å²) in [4.78, 5) is 23.6. The highest BCUT2D eigenvalue weighted by atomic mass is 32.2. The van der Waals surface area contributed by atoms with Crippen LogP contribution in [0.5, 0.6) is 0 Å². The molecule has 0 unspecified atom stereocenters. The molecule has 9 nitrogen and oxygen atoms in total. The molecule has 11 heteroatoms. The van der Waals surface area contributed by atoms with Gasteiger partial charge in [-0.05, 0) is 61.2 Å². The van der Waals surface area contributed by atoms with Crippen LogP contribution in [0.25, 0.3) is 0 Å². The lowest BCUT2D eigenvalue weighted by Gasteiger charge is -2.30. The van der Waals surface area contributed by atoms with Gasteiger partial charge in [0.15, 0.2) is 0 Å². The topological polar surface area (TPSA) is 130 Å². The molecule has 1 saturated heterocycles. The Bertz CT molecular complexity index is 1220. The number of nitrogens with zero attached hydrogens (tertiary/aromatic N) is 1. The molecule has 1 heterocycles. The van der Waals surface area contributed by atoms with Crippen LogP contribution in [0.15, 0.2) is 58.3 Å². The highest BCUT2D eigenvalue weighted by Crippen LogP contribution is 2.24. The van der Waals surface area contributed by atoms with Crippen LogP contribution in [-0.2, 0) is 24.8 Å². The maximum Gasteiger partial charge on any atom is 0.264 e. The summed E-state index contributed by atoms with van der Waals surface area (Å²) in [5.41, 5.74) is 0.473. The van der Waals surface area contributed by atoms with Gasteiger partial charge in [-0.1, -0.05) is 13.0 Å². The summed E-state index contributed by atoms with van der Waals surface area (Å²) in [5, 5.41) is 2.61. The summed E-state index contributed by atoms with van der Waals surface area (Å²) in [6, 6.07) is 11.1. The Morgan fingerprint density at radius 2 is 1.69 bits per heavy atom. The van der Waals surface area contributed by atoms with Gasteiger partial charge in [0.05, 0.1) is 9.79 Å². The number of hydrogen-bond acceptors (Lipinski definition) is 6. The Kier molecular flexibility index (Phi) is 7.01. The summed E-state index contributed by atoms with van der Waals surface area (Å²) in [7, 11) is -7.68. The molecule has 0 aliphatic carbocycles. The van der Waals surface area contributed by atoms with Crippen LogP contribution in [0.1, 0.15) is 37.0 Å². The molecular formula is C21H25N3O6S2. The summed E-state index contributed by atoms with van der Waals surface area (Å²) < 4.78 is 53.3. The zero-order chi connectivity index (χ0) is 23.5. The predicted molar refractivity (Wildman–Crippen MR) is 119 cm³/mol. The first-order valence-corrected chi connectivity index (χ1v) is 13.0. The number of hydrogen-bond donors (Lipinski definition) is 2. The van der Waals surface area contributed by atoms with Gasteiger partial charge in [0, 0.05) is 31.3 Å². The minimum absolute atomic E-state index is 0.0519. The summed E-state index contributed by atoms with van der Waals surface area (Å²) in [6.45, 7) is 4.01. The standard InChI is InChI=1S/C21H25N3O6S2/c1-15-5-4-12-24(14-15)32(29,30)20-7-3-6-17(13-20)21(26)22-18-8-10-19(11-9-18)31(27,28)23-16(2)25/h3,6-11,13,15H,4-5,12,14H2,1-2H3,(H,22,26)(H,23,25)/t15-/m0/s1. The Balaban J connectivity index is 1.76. The lowest BCUT2D eigenvalue weighted by Crippen LogP contribution is -2.39. The number of anilines is 1. The first kappa shape index (κ1) is 23.9. The van der Waals surface area contributed by atoms with E-state index in [0.29, 0.717) is 18.8 Å². The highest BCUT2D eigenvalue weighted by Gasteiger charge is 2.29. The maximum absolute atomic E-state index is 13.0. The molecule has 2 N–H and O–H groups in total. The van der Waals surface area contributed by atoms with Crippen LogP contribution in [0, 0.1) is 5.92 Å². The zero-order valence-corrected chi connectivity index (χ0v) is 19.4. The fourth-order valence-electron chi connectivity index (χ4n) is 3.48. The van der Waals surface area contributed by atoms with E-state index in [2.05, 4.69) is 5.32 Å². The van der Waals surface area contributed by atoms with Gasteiger partial charge >= 0.3 is 0 Å². The molecule has 2 aromatic rings. The first-order chi connectivity index (χ1) is 15.0. The molecule has 2 aromatic carbocycles. The fraction of sp³-hybridized carbons (Fsp3) is 0.333. The van der Waals surface area contributed by atoms with Crippen LogP contribution >= 0.6 is 0 Å². The SMILES string of the molecule is CC(=O)NS(=O)(=O)c1ccc(NC(=O)c2cccc(S(=O)(=O)N3CCC[C@H](C)C3)c2)cc1. The van der Waals surface area contributed by atoms with Crippen molar-refractivity contribution in [1.29, 1.82) is 0 Å². The first-order valence-electron chi connectivity index (χ1n) is 10.0. The van der Waals surface area contributed by atoms with Gasteiger partial charge < -0.3 is 5.32 Å². The number of amides is 2. The van der Waals surface area contributed by atoms with Crippen LogP contribution in [0.4, 0.5) is 5.69 Å². The molecule has 1 fully saturated rings. The van der Waals surface area contributed by atoms with E-state index >= 15 is 0 Å². The minimum atomic E-state index is -3.98. The van der Waals surface area contributed by atoms with Crippen molar-refractivity contribution in [3.63, 3.8) is 0 Å². The van der Waals surface area contributed by atoms with E-state index in [1.807, 2.05) is 11.6 Å². The van der Waals surface area contributed by atoms with Gasteiger partial charge in [0.1, 0.15) is 0 Å². The van der Waals surface area contributed by atoms with Crippen molar-refractivity contribution in [2.24, 2.45) is 5.92 Å². The fourth-order valence-corrected chi connectivity index (χ4v) is 6.12. The third-order valence-corrected chi connectivity index (χ3v) is 8.36. The van der Waals surface area contributed by atoms with E-state index in [-0.39, 0.29) is 21.3 Å². The van der Waals surface area contributed by atoms with Crippen molar-refractivity contribution in [2.75, 3.05) is 18.4 Å². The minimum Gasteiger partial charge on any atom is -0.322 e. The van der Waals surface area contributed by atoms with Gasteiger partial charge in [-0.2, -0.15) is 4.31 Å². The van der Waals surface area contributed by atoms with E-state index in [9.17, 15) is 26.4 Å². The summed E-state index contributed by atoms with van der Waals surface area (Å²) >= 11 is 0. The molecule has 3 rings (SSSR count). The van der Waals surface area contributed by atoms with E-state index in [4.69, 9.17) is 0 Å². The number of benzene rings is 2. The second-order valence-corrected chi connectivity index (χ2v) is 11.4. The van der Waals surface area contributed by atoms with Crippen molar-refractivity contribution in [3.8, 4) is 0 Å². The van der Waals surface area contributed by atoms with Gasteiger partial charge in [0.2, 0.25) is 15.9 Å². The maximum atomic E-state index is 13.0. The summed E-state index contributed by atoms with van der Waals surface area (Å²) in [5.74, 6) is -0.967. The van der Waals surface area contributed by atoms with Crippen molar-refractivity contribution in [3.05, 3.63) is 54.1 Å². The molecule has 1 aliphatic rings. The molecular weight excluding hydrogens is 454 g/mol. The number of piperidine rings is 1. The monoisotopic (exact) mass is 479 g/mol. The van der Waals surface area contributed by atoms with E-state index < -0.39 is 31.9 Å². The van der Waals surface area contributed by atoms with Crippen molar-refractivity contribution < 1.29 is 26.4 Å². The second kappa shape index (κ2) is 9.39. The highest BCUT2D eigenvalue weighted by molar-refractivity contribution is 7.90. The van der Waals surface area contributed by atoms with E-state index in [1.165, 1.54) is 52.8 Å². The molecule has 0 aromatic heterocycles. The molecule has 32 heavy (non-hydrogen) atoms. The predicted octanol–water partition coefficient (Wildman–Crippen LogP) is 2.18. The van der Waals surface area contributed by atoms with Gasteiger partial charge in [-0.15, -0.1) is 0 Å². The average molecular weight is 480 g/mol. The molecule has 0 saturated carbocycles. The van der Waals surface area contributed by atoms with Crippen LogP contribution in [0.3, 0.4) is 0 Å². The molecule has 1 aliphatic heterocycles. The van der Waals surface area contributed by atoms with Crippen molar-refractivity contribution >= 4 is 37.5 Å². The quantitative estimate of drug-likeness (QED) is 0.653. The largest absolute Gasteiger partial charge is 0.322 e. The number of rotatable bonds is 6. The number of nitrogens with one attached hydrogen (secondary N) is 2. The summed E-state index contributed by atoms with van der Waals surface area (Å²) in [6.07, 6.45) is 1.79. The van der Waals surface area contributed by atoms with Gasteiger partial charge in [-0.3, -0.25) is 9.59 Å². The molecule has 2 amide bonds. The number of carbonyl (C=O) groups is 2. The Morgan fingerprint density at radius 3 is 2.31 bits per heavy atom. The normalized spacial score (nSPS) is 17.5. The molecule has 0 radical (unpaired) electrons. The van der Waals surface area contributed by atoms with Crippen LogP contribution in [0.2, 0.25) is 0 Å². The lowest BCUT2D eigenvalue weighted by atomic mass is 10.0. The lowest BCUT2D eigenvalue weighted by molar-refractivity contribution is -0.117. The Morgan fingerprint density at radius 1 is 1.00 bits per heavy atom. The second-order valence-electron chi connectivity index (χ2n) is 7.78.